The van der Waals surface area contributed by atoms with E-state index in [0.717, 1.165) is 5.56 Å². The summed E-state index contributed by atoms with van der Waals surface area (Å²) >= 11 is 0. The fourth-order valence-electron chi connectivity index (χ4n) is 2.47. The van der Waals surface area contributed by atoms with Crippen LogP contribution < -0.4 is 10.6 Å². The van der Waals surface area contributed by atoms with Crippen molar-refractivity contribution >= 4 is 17.5 Å². The number of aromatic nitrogens is 3. The van der Waals surface area contributed by atoms with Gasteiger partial charge >= 0.3 is 0 Å². The highest BCUT2D eigenvalue weighted by Gasteiger charge is 2.08. The Kier molecular flexibility index (Phi) is 6.42. The Labute approximate surface area is 161 Å². The number of hydrogen-bond donors (Lipinski definition) is 3. The predicted octanol–water partition coefficient (Wildman–Crippen LogP) is 2.85. The molecule has 0 saturated heterocycles. The second-order valence-corrected chi connectivity index (χ2v) is 5.96. The number of anilines is 2. The van der Waals surface area contributed by atoms with E-state index < -0.39 is 4.92 Å². The van der Waals surface area contributed by atoms with Gasteiger partial charge in [0.05, 0.1) is 16.3 Å². The topological polar surface area (TPSA) is 126 Å². The standard InChI is InChI=1S/C19H20N6O3/c26-11-3-10-21-19-23-17(16-4-1-2-9-20-16)12-18(24-19)22-13-14-5-7-15(8-6-14)25(27)28/h1-2,4-9,12,26H,3,10-11,13H2,(H2,21,22,23,24). The summed E-state index contributed by atoms with van der Waals surface area (Å²) in [5, 5.41) is 26.0. The molecule has 3 rings (SSSR count). The Hall–Kier alpha value is -3.59. The first-order chi connectivity index (χ1) is 13.7. The summed E-state index contributed by atoms with van der Waals surface area (Å²) in [6.45, 7) is 1.08. The van der Waals surface area contributed by atoms with Gasteiger partial charge in [-0.3, -0.25) is 15.1 Å². The minimum absolute atomic E-state index is 0.0543. The number of nitrogens with one attached hydrogen (secondary N) is 2. The zero-order chi connectivity index (χ0) is 19.8. The van der Waals surface area contributed by atoms with Gasteiger partial charge in [0.1, 0.15) is 5.82 Å². The van der Waals surface area contributed by atoms with Gasteiger partial charge in [0.15, 0.2) is 0 Å². The van der Waals surface area contributed by atoms with Crippen molar-refractivity contribution in [3.63, 3.8) is 0 Å². The molecule has 2 heterocycles. The molecule has 1 aromatic carbocycles. The monoisotopic (exact) mass is 380 g/mol. The molecule has 0 saturated carbocycles. The maximum absolute atomic E-state index is 10.8. The van der Waals surface area contributed by atoms with E-state index in [1.807, 2.05) is 18.2 Å². The van der Waals surface area contributed by atoms with Gasteiger partial charge in [-0.2, -0.15) is 4.98 Å². The first-order valence-electron chi connectivity index (χ1n) is 8.78. The van der Waals surface area contributed by atoms with Gasteiger partial charge in [-0.15, -0.1) is 0 Å². The molecule has 0 aliphatic heterocycles. The molecule has 9 nitrogen and oxygen atoms in total. The average molecular weight is 380 g/mol. The van der Waals surface area contributed by atoms with E-state index in [2.05, 4.69) is 25.6 Å². The lowest BCUT2D eigenvalue weighted by Gasteiger charge is -2.11. The molecule has 144 valence electrons. The van der Waals surface area contributed by atoms with E-state index in [4.69, 9.17) is 5.11 Å². The number of nitro groups is 1. The molecular formula is C19H20N6O3. The molecule has 0 atom stereocenters. The molecule has 0 aliphatic carbocycles. The lowest BCUT2D eigenvalue weighted by molar-refractivity contribution is -0.384. The zero-order valence-corrected chi connectivity index (χ0v) is 15.1. The molecule has 0 bridgehead atoms. The predicted molar refractivity (Wildman–Crippen MR) is 106 cm³/mol. The van der Waals surface area contributed by atoms with E-state index in [1.165, 1.54) is 12.1 Å². The number of benzene rings is 1. The van der Waals surface area contributed by atoms with Crippen LogP contribution >= 0.6 is 0 Å². The summed E-state index contributed by atoms with van der Waals surface area (Å²) in [6, 6.07) is 13.7. The summed E-state index contributed by atoms with van der Waals surface area (Å²) < 4.78 is 0. The molecule has 0 aliphatic rings. The van der Waals surface area contributed by atoms with E-state index in [-0.39, 0.29) is 12.3 Å². The van der Waals surface area contributed by atoms with E-state index in [1.54, 1.807) is 24.4 Å². The second-order valence-electron chi connectivity index (χ2n) is 5.96. The fraction of sp³-hybridized carbons (Fsp3) is 0.211. The van der Waals surface area contributed by atoms with Crippen molar-refractivity contribution in [3.8, 4) is 11.4 Å². The number of pyridine rings is 1. The summed E-state index contributed by atoms with van der Waals surface area (Å²) in [4.78, 5) is 23.6. The van der Waals surface area contributed by atoms with E-state index in [0.29, 0.717) is 42.7 Å². The van der Waals surface area contributed by atoms with Crippen LogP contribution in [0.15, 0.2) is 54.7 Å². The quantitative estimate of drug-likeness (QED) is 0.294. The Morgan fingerprint density at radius 3 is 2.54 bits per heavy atom. The molecule has 0 unspecified atom stereocenters. The summed E-state index contributed by atoms with van der Waals surface area (Å²) in [5.41, 5.74) is 2.32. The normalized spacial score (nSPS) is 10.5. The number of nitro benzene ring substituents is 1. The van der Waals surface area contributed by atoms with Crippen molar-refractivity contribution < 1.29 is 10.0 Å². The maximum atomic E-state index is 10.8. The molecule has 3 aromatic rings. The van der Waals surface area contributed by atoms with Crippen LogP contribution in [0, 0.1) is 10.1 Å². The van der Waals surface area contributed by atoms with Gasteiger partial charge in [-0.05, 0) is 24.1 Å². The van der Waals surface area contributed by atoms with Crippen LogP contribution in [0.4, 0.5) is 17.5 Å². The third kappa shape index (κ3) is 5.21. The van der Waals surface area contributed by atoms with Gasteiger partial charge in [-0.1, -0.05) is 18.2 Å². The second kappa shape index (κ2) is 9.38. The molecule has 0 amide bonds. The highest BCUT2D eigenvalue weighted by Crippen LogP contribution is 2.20. The molecule has 2 aromatic heterocycles. The largest absolute Gasteiger partial charge is 0.396 e. The minimum atomic E-state index is -0.426. The van der Waals surface area contributed by atoms with E-state index >= 15 is 0 Å². The van der Waals surface area contributed by atoms with Gasteiger partial charge in [-0.25, -0.2) is 4.98 Å². The van der Waals surface area contributed by atoms with Crippen LogP contribution in [0.5, 0.6) is 0 Å². The summed E-state index contributed by atoms with van der Waals surface area (Å²) in [7, 11) is 0. The Morgan fingerprint density at radius 2 is 1.86 bits per heavy atom. The molecule has 28 heavy (non-hydrogen) atoms. The van der Waals surface area contributed by atoms with Crippen molar-refractivity contribution in [2.24, 2.45) is 0 Å². The van der Waals surface area contributed by atoms with E-state index in [9.17, 15) is 10.1 Å². The lowest BCUT2D eigenvalue weighted by Crippen LogP contribution is -2.10. The molecule has 3 N–H and O–H groups in total. The number of nitrogens with zero attached hydrogens (tertiary/aromatic N) is 4. The molecule has 0 fully saturated rings. The Bertz CT molecular complexity index is 919. The highest BCUT2D eigenvalue weighted by molar-refractivity contribution is 5.61. The average Bonchev–Trinajstić information content (AvgIpc) is 2.73. The fourth-order valence-corrected chi connectivity index (χ4v) is 2.47. The van der Waals surface area contributed by atoms with Gasteiger partial charge in [0.25, 0.3) is 5.69 Å². The molecule has 0 radical (unpaired) electrons. The van der Waals surface area contributed by atoms with Crippen molar-refractivity contribution in [2.45, 2.75) is 13.0 Å². The summed E-state index contributed by atoms with van der Waals surface area (Å²) in [5.74, 6) is 1.03. The lowest BCUT2D eigenvalue weighted by atomic mass is 10.2. The molecular weight excluding hydrogens is 360 g/mol. The van der Waals surface area contributed by atoms with Crippen LogP contribution in [-0.2, 0) is 6.54 Å². The number of aliphatic hydroxyl groups is 1. The third-order valence-electron chi connectivity index (χ3n) is 3.89. The van der Waals surface area contributed by atoms with Crippen LogP contribution in [-0.4, -0.2) is 38.1 Å². The Balaban J connectivity index is 1.78. The SMILES string of the molecule is O=[N+]([O-])c1ccc(CNc2cc(-c3ccccn3)nc(NCCCO)n2)cc1. The highest BCUT2D eigenvalue weighted by atomic mass is 16.6. The van der Waals surface area contributed by atoms with Crippen LogP contribution in [0.25, 0.3) is 11.4 Å². The molecule has 9 heteroatoms. The van der Waals surface area contributed by atoms with Crippen molar-refractivity contribution in [1.29, 1.82) is 0 Å². The van der Waals surface area contributed by atoms with Crippen LogP contribution in [0.2, 0.25) is 0 Å². The Morgan fingerprint density at radius 1 is 1.04 bits per heavy atom. The maximum Gasteiger partial charge on any atom is 0.269 e. The van der Waals surface area contributed by atoms with Gasteiger partial charge < -0.3 is 15.7 Å². The number of non-ortho nitro benzene ring substituents is 1. The number of rotatable bonds is 9. The zero-order valence-electron chi connectivity index (χ0n) is 15.1. The number of aliphatic hydroxyl groups excluding tert-OH is 1. The van der Waals surface area contributed by atoms with Crippen molar-refractivity contribution in [2.75, 3.05) is 23.8 Å². The smallest absolute Gasteiger partial charge is 0.269 e. The van der Waals surface area contributed by atoms with Gasteiger partial charge in [0.2, 0.25) is 5.95 Å². The molecule has 0 spiro atoms. The first-order valence-corrected chi connectivity index (χ1v) is 8.78. The van der Waals surface area contributed by atoms with Crippen molar-refractivity contribution in [3.05, 3.63) is 70.4 Å². The third-order valence-corrected chi connectivity index (χ3v) is 3.89. The van der Waals surface area contributed by atoms with Crippen molar-refractivity contribution in [1.82, 2.24) is 15.0 Å². The number of hydrogen-bond acceptors (Lipinski definition) is 8. The van der Waals surface area contributed by atoms with Gasteiger partial charge in [0, 0.05) is 44.1 Å². The summed E-state index contributed by atoms with van der Waals surface area (Å²) in [6.07, 6.45) is 2.28. The minimum Gasteiger partial charge on any atom is -0.396 e. The van der Waals surface area contributed by atoms with Crippen LogP contribution in [0.1, 0.15) is 12.0 Å². The van der Waals surface area contributed by atoms with Crippen LogP contribution in [0.3, 0.4) is 0 Å². The first kappa shape index (κ1) is 19.2.